The Morgan fingerprint density at radius 2 is 2.09 bits per heavy atom. The van der Waals surface area contributed by atoms with Crippen molar-refractivity contribution < 1.29 is 9.18 Å². The first kappa shape index (κ1) is 19.9. The number of amides is 1. The Morgan fingerprint density at radius 1 is 1.39 bits per heavy atom. The second-order valence-corrected chi connectivity index (χ2v) is 6.12. The molecule has 2 unspecified atom stereocenters. The van der Waals surface area contributed by atoms with Crippen LogP contribution in [0.15, 0.2) is 24.3 Å². The minimum Gasteiger partial charge on any atom is -0.355 e. The lowest BCUT2D eigenvalue weighted by Gasteiger charge is -2.37. The number of rotatable bonds is 6. The van der Waals surface area contributed by atoms with Crippen molar-refractivity contribution in [2.75, 3.05) is 19.6 Å². The van der Waals surface area contributed by atoms with Gasteiger partial charge in [-0.25, -0.2) is 4.39 Å². The molecule has 1 amide bonds. The van der Waals surface area contributed by atoms with Crippen molar-refractivity contribution in [1.82, 2.24) is 10.2 Å². The van der Waals surface area contributed by atoms with Gasteiger partial charge < -0.3 is 11.1 Å². The van der Waals surface area contributed by atoms with E-state index in [1.54, 1.807) is 12.1 Å². The smallest absolute Gasteiger partial charge is 0.234 e. The monoisotopic (exact) mass is 343 g/mol. The molecule has 1 heterocycles. The first-order chi connectivity index (χ1) is 10.6. The van der Waals surface area contributed by atoms with Crippen LogP contribution < -0.4 is 11.1 Å². The Labute approximate surface area is 144 Å². The SMILES string of the molecule is CC(N)C1CCCCN1CC(=O)NCCc1ccc(F)cc1.Cl. The van der Waals surface area contributed by atoms with Crippen LogP contribution in [0.1, 0.15) is 31.7 Å². The van der Waals surface area contributed by atoms with Gasteiger partial charge in [0.2, 0.25) is 5.91 Å². The zero-order chi connectivity index (χ0) is 15.9. The molecule has 130 valence electrons. The Hall–Kier alpha value is -1.17. The molecule has 1 aromatic rings. The third kappa shape index (κ3) is 6.45. The molecule has 1 aliphatic rings. The predicted octanol–water partition coefficient (Wildman–Crippen LogP) is 2.11. The average molecular weight is 344 g/mol. The number of hydrogen-bond donors (Lipinski definition) is 2. The number of benzene rings is 1. The number of nitrogens with one attached hydrogen (secondary N) is 1. The number of piperidine rings is 1. The van der Waals surface area contributed by atoms with E-state index in [2.05, 4.69) is 10.2 Å². The summed E-state index contributed by atoms with van der Waals surface area (Å²) in [5, 5.41) is 2.94. The third-order valence-electron chi connectivity index (χ3n) is 4.27. The molecule has 0 aromatic heterocycles. The molecule has 1 aliphatic heterocycles. The van der Waals surface area contributed by atoms with Crippen LogP contribution in [0, 0.1) is 5.82 Å². The Morgan fingerprint density at radius 3 is 2.74 bits per heavy atom. The molecule has 1 aromatic carbocycles. The number of likely N-dealkylation sites (tertiary alicyclic amines) is 1. The number of halogens is 2. The highest BCUT2D eigenvalue weighted by Gasteiger charge is 2.26. The topological polar surface area (TPSA) is 58.4 Å². The quantitative estimate of drug-likeness (QED) is 0.831. The summed E-state index contributed by atoms with van der Waals surface area (Å²) in [5.41, 5.74) is 7.04. The summed E-state index contributed by atoms with van der Waals surface area (Å²) in [4.78, 5) is 14.3. The summed E-state index contributed by atoms with van der Waals surface area (Å²) in [6.45, 7) is 3.93. The second-order valence-electron chi connectivity index (χ2n) is 6.12. The van der Waals surface area contributed by atoms with Gasteiger partial charge in [-0.3, -0.25) is 9.69 Å². The van der Waals surface area contributed by atoms with Crippen molar-refractivity contribution in [3.05, 3.63) is 35.6 Å². The van der Waals surface area contributed by atoms with Gasteiger partial charge in [-0.05, 0) is 50.4 Å². The highest BCUT2D eigenvalue weighted by atomic mass is 35.5. The first-order valence-corrected chi connectivity index (χ1v) is 8.07. The van der Waals surface area contributed by atoms with Crippen LogP contribution in [0.4, 0.5) is 4.39 Å². The molecule has 0 aliphatic carbocycles. The summed E-state index contributed by atoms with van der Waals surface area (Å²) < 4.78 is 12.8. The number of carbonyl (C=O) groups excluding carboxylic acids is 1. The maximum Gasteiger partial charge on any atom is 0.234 e. The van der Waals surface area contributed by atoms with Gasteiger partial charge in [0, 0.05) is 18.6 Å². The van der Waals surface area contributed by atoms with Crippen LogP contribution in [0.3, 0.4) is 0 Å². The van der Waals surface area contributed by atoms with E-state index in [1.807, 2.05) is 6.92 Å². The predicted molar refractivity (Wildman–Crippen MR) is 93.2 cm³/mol. The van der Waals surface area contributed by atoms with E-state index < -0.39 is 0 Å². The van der Waals surface area contributed by atoms with E-state index in [-0.39, 0.29) is 30.2 Å². The standard InChI is InChI=1S/C17H26FN3O.ClH/c1-13(19)16-4-2-3-11-21(16)12-17(22)20-10-9-14-5-7-15(18)8-6-14;/h5-8,13,16H,2-4,9-12,19H2,1H3,(H,20,22);1H. The van der Waals surface area contributed by atoms with E-state index >= 15 is 0 Å². The average Bonchev–Trinajstić information content (AvgIpc) is 2.49. The lowest BCUT2D eigenvalue weighted by molar-refractivity contribution is -0.123. The second kappa shape index (κ2) is 9.85. The maximum absolute atomic E-state index is 12.8. The molecule has 1 saturated heterocycles. The van der Waals surface area contributed by atoms with E-state index in [4.69, 9.17) is 5.73 Å². The normalized spacial score (nSPS) is 19.7. The van der Waals surface area contributed by atoms with E-state index in [9.17, 15) is 9.18 Å². The fourth-order valence-electron chi connectivity index (χ4n) is 3.05. The van der Waals surface area contributed by atoms with E-state index in [0.29, 0.717) is 25.6 Å². The van der Waals surface area contributed by atoms with Crippen molar-refractivity contribution in [3.63, 3.8) is 0 Å². The molecule has 0 saturated carbocycles. The maximum atomic E-state index is 12.8. The minimum absolute atomic E-state index is 0. The highest BCUT2D eigenvalue weighted by molar-refractivity contribution is 5.85. The summed E-state index contributed by atoms with van der Waals surface area (Å²) in [6.07, 6.45) is 4.10. The summed E-state index contributed by atoms with van der Waals surface area (Å²) in [5.74, 6) is -0.200. The minimum atomic E-state index is -0.236. The Kier molecular flexibility index (Phi) is 8.52. The summed E-state index contributed by atoms with van der Waals surface area (Å²) in [7, 11) is 0. The molecule has 23 heavy (non-hydrogen) atoms. The van der Waals surface area contributed by atoms with Gasteiger partial charge in [0.25, 0.3) is 0 Å². The molecular formula is C17H27ClFN3O. The van der Waals surface area contributed by atoms with Gasteiger partial charge in [-0.15, -0.1) is 12.4 Å². The lowest BCUT2D eigenvalue weighted by atomic mass is 9.97. The molecule has 3 N–H and O–H groups in total. The van der Waals surface area contributed by atoms with Crippen LogP contribution in [-0.4, -0.2) is 42.5 Å². The van der Waals surface area contributed by atoms with Crippen molar-refractivity contribution >= 4 is 18.3 Å². The van der Waals surface area contributed by atoms with Gasteiger partial charge in [-0.2, -0.15) is 0 Å². The number of carbonyl (C=O) groups is 1. The largest absolute Gasteiger partial charge is 0.355 e. The van der Waals surface area contributed by atoms with Gasteiger partial charge >= 0.3 is 0 Å². The van der Waals surface area contributed by atoms with Crippen LogP contribution in [-0.2, 0) is 11.2 Å². The highest BCUT2D eigenvalue weighted by Crippen LogP contribution is 2.18. The molecule has 0 bridgehead atoms. The molecule has 2 atom stereocenters. The van der Waals surface area contributed by atoms with Crippen molar-refractivity contribution in [2.24, 2.45) is 5.73 Å². The van der Waals surface area contributed by atoms with Crippen molar-refractivity contribution in [2.45, 2.75) is 44.7 Å². The number of hydrogen-bond acceptors (Lipinski definition) is 3. The zero-order valence-corrected chi connectivity index (χ0v) is 14.4. The summed E-state index contributed by atoms with van der Waals surface area (Å²) >= 11 is 0. The molecule has 0 radical (unpaired) electrons. The van der Waals surface area contributed by atoms with Crippen LogP contribution in [0.5, 0.6) is 0 Å². The third-order valence-corrected chi connectivity index (χ3v) is 4.27. The van der Waals surface area contributed by atoms with E-state index in [1.165, 1.54) is 18.6 Å². The van der Waals surface area contributed by atoms with Gasteiger partial charge in [0.1, 0.15) is 5.82 Å². The van der Waals surface area contributed by atoms with Gasteiger partial charge in [0.05, 0.1) is 6.54 Å². The fraction of sp³-hybridized carbons (Fsp3) is 0.588. The first-order valence-electron chi connectivity index (χ1n) is 8.07. The van der Waals surface area contributed by atoms with Crippen molar-refractivity contribution in [3.8, 4) is 0 Å². The Bertz CT molecular complexity index is 481. The van der Waals surface area contributed by atoms with Gasteiger partial charge in [-0.1, -0.05) is 18.6 Å². The number of nitrogens with two attached hydrogens (primary N) is 1. The molecule has 2 rings (SSSR count). The zero-order valence-electron chi connectivity index (χ0n) is 13.6. The van der Waals surface area contributed by atoms with Crippen LogP contribution in [0.25, 0.3) is 0 Å². The number of nitrogens with zero attached hydrogens (tertiary/aromatic N) is 1. The summed E-state index contributed by atoms with van der Waals surface area (Å²) in [6, 6.07) is 6.77. The molecule has 4 nitrogen and oxygen atoms in total. The molecule has 1 fully saturated rings. The van der Waals surface area contributed by atoms with E-state index in [0.717, 1.165) is 24.9 Å². The molecule has 6 heteroatoms. The molecular weight excluding hydrogens is 317 g/mol. The van der Waals surface area contributed by atoms with Crippen LogP contribution >= 0.6 is 12.4 Å². The molecule has 0 spiro atoms. The lowest BCUT2D eigenvalue weighted by Crippen LogP contribution is -2.52. The van der Waals surface area contributed by atoms with Crippen molar-refractivity contribution in [1.29, 1.82) is 0 Å². The van der Waals surface area contributed by atoms with Gasteiger partial charge in [0.15, 0.2) is 0 Å². The fourth-order valence-corrected chi connectivity index (χ4v) is 3.05. The van der Waals surface area contributed by atoms with Crippen LogP contribution in [0.2, 0.25) is 0 Å². The Balaban J connectivity index is 0.00000264.